The first-order valence-electron chi connectivity index (χ1n) is 12.8. The van der Waals surface area contributed by atoms with Gasteiger partial charge >= 0.3 is 0 Å². The third-order valence-corrected chi connectivity index (χ3v) is 8.01. The summed E-state index contributed by atoms with van der Waals surface area (Å²) in [6, 6.07) is 8.35. The average molecular weight is 492 g/mol. The molecule has 0 spiro atoms. The molecule has 4 aliphatic heterocycles. The number of ether oxygens (including phenoxy) is 2. The molecule has 0 unspecified atom stereocenters. The number of carbonyl (C=O) groups excluding carboxylic acids is 1. The number of morpholine rings is 1. The van der Waals surface area contributed by atoms with Gasteiger partial charge in [-0.3, -0.25) is 9.69 Å². The summed E-state index contributed by atoms with van der Waals surface area (Å²) in [5.74, 6) is 1.54. The molecule has 6 rings (SSSR count). The molecule has 0 atom stereocenters. The lowest BCUT2D eigenvalue weighted by atomic mass is 9.83. The van der Waals surface area contributed by atoms with Crippen LogP contribution in [0.2, 0.25) is 0 Å². The summed E-state index contributed by atoms with van der Waals surface area (Å²) < 4.78 is 11.7. The zero-order valence-electron chi connectivity index (χ0n) is 20.5. The van der Waals surface area contributed by atoms with Crippen molar-refractivity contribution in [3.8, 4) is 5.75 Å². The highest BCUT2D eigenvalue weighted by molar-refractivity contribution is 5.87. The third-order valence-electron chi connectivity index (χ3n) is 8.01. The number of aromatic nitrogens is 1. The van der Waals surface area contributed by atoms with Gasteiger partial charge < -0.3 is 29.7 Å². The van der Waals surface area contributed by atoms with Gasteiger partial charge in [0.1, 0.15) is 18.2 Å². The van der Waals surface area contributed by atoms with Crippen molar-refractivity contribution in [3.05, 3.63) is 54.2 Å². The minimum absolute atomic E-state index is 0.00686. The first-order valence-corrected chi connectivity index (χ1v) is 12.8. The second-order valence-electron chi connectivity index (χ2n) is 10.0. The van der Waals surface area contributed by atoms with E-state index in [-0.39, 0.29) is 5.91 Å². The van der Waals surface area contributed by atoms with Gasteiger partial charge in [0.15, 0.2) is 0 Å². The molecule has 0 bridgehead atoms. The van der Waals surface area contributed by atoms with Crippen LogP contribution < -0.4 is 15.0 Å². The quantitative estimate of drug-likeness (QED) is 0.630. The maximum absolute atomic E-state index is 11.7. The Balaban J connectivity index is 1.16. The fraction of sp³-hybridized carbons (Fsp3) is 0.481. The van der Waals surface area contributed by atoms with Crippen molar-refractivity contribution < 1.29 is 19.4 Å². The van der Waals surface area contributed by atoms with Crippen molar-refractivity contribution in [1.29, 1.82) is 0 Å². The van der Waals surface area contributed by atoms with Crippen molar-refractivity contribution >= 4 is 23.1 Å². The van der Waals surface area contributed by atoms with Crippen molar-refractivity contribution in [2.45, 2.75) is 31.1 Å². The fourth-order valence-electron chi connectivity index (χ4n) is 5.70. The number of nitrogens with one attached hydrogen (secondary N) is 1. The normalized spacial score (nSPS) is 21.8. The molecule has 1 aromatic carbocycles. The van der Waals surface area contributed by atoms with Crippen LogP contribution >= 0.6 is 0 Å². The molecular weight excluding hydrogens is 458 g/mol. The van der Waals surface area contributed by atoms with Crippen LogP contribution in [0, 0.1) is 0 Å². The zero-order valence-corrected chi connectivity index (χ0v) is 20.5. The minimum atomic E-state index is -0.897. The lowest BCUT2D eigenvalue weighted by Gasteiger charge is -2.49. The Labute approximate surface area is 211 Å². The standard InChI is InChI=1S/C27H33N5O4/c1-2-25(33)32-16-20(17-32)30-9-6-27(34,7-10-30)19-3-4-24-22(15-19)29-26-21(18-36-24)23(5-8-28-26)31-11-13-35-14-12-31/h2-5,8,15,20,34H,1,6-7,9-14,16-18H2,(H,28,29). The number of amides is 1. The number of rotatable bonds is 4. The van der Waals surface area contributed by atoms with E-state index in [1.165, 1.54) is 6.08 Å². The molecule has 0 radical (unpaired) electrons. The molecule has 0 aliphatic carbocycles. The molecular formula is C27H33N5O4. The van der Waals surface area contributed by atoms with Gasteiger partial charge in [0.05, 0.1) is 30.1 Å². The van der Waals surface area contributed by atoms with Crippen molar-refractivity contribution in [2.24, 2.45) is 0 Å². The summed E-state index contributed by atoms with van der Waals surface area (Å²) in [5, 5.41) is 15.1. The van der Waals surface area contributed by atoms with Gasteiger partial charge in [0.2, 0.25) is 5.91 Å². The van der Waals surface area contributed by atoms with E-state index in [0.29, 0.717) is 25.5 Å². The Morgan fingerprint density at radius 3 is 2.69 bits per heavy atom. The number of piperidine rings is 1. The van der Waals surface area contributed by atoms with Gasteiger partial charge in [-0.2, -0.15) is 0 Å². The average Bonchev–Trinajstić information content (AvgIpc) is 3.08. The predicted molar refractivity (Wildman–Crippen MR) is 137 cm³/mol. The van der Waals surface area contributed by atoms with Gasteiger partial charge in [-0.25, -0.2) is 4.98 Å². The number of hydrogen-bond acceptors (Lipinski definition) is 8. The predicted octanol–water partition coefficient (Wildman–Crippen LogP) is 2.23. The van der Waals surface area contributed by atoms with Gasteiger partial charge in [-0.05, 0) is 42.7 Å². The highest BCUT2D eigenvalue weighted by Gasteiger charge is 2.40. The highest BCUT2D eigenvalue weighted by Crippen LogP contribution is 2.41. The van der Waals surface area contributed by atoms with E-state index in [1.807, 2.05) is 35.4 Å². The number of aliphatic hydroxyl groups is 1. The molecule has 2 aromatic rings. The molecule has 1 amide bonds. The Bertz CT molecular complexity index is 1150. The largest absolute Gasteiger partial charge is 0.487 e. The molecule has 4 aliphatic rings. The molecule has 0 saturated carbocycles. The molecule has 2 N–H and O–H groups in total. The van der Waals surface area contributed by atoms with Gasteiger partial charge in [0, 0.05) is 57.2 Å². The van der Waals surface area contributed by atoms with E-state index < -0.39 is 5.60 Å². The van der Waals surface area contributed by atoms with Crippen molar-refractivity contribution in [2.75, 3.05) is 62.7 Å². The van der Waals surface area contributed by atoms with E-state index in [0.717, 1.165) is 86.6 Å². The van der Waals surface area contributed by atoms with Crippen molar-refractivity contribution in [3.63, 3.8) is 0 Å². The second kappa shape index (κ2) is 9.38. The number of fused-ring (bicyclic) bond motifs is 2. The summed E-state index contributed by atoms with van der Waals surface area (Å²) in [6.45, 7) is 10.2. The van der Waals surface area contributed by atoms with Gasteiger partial charge in [-0.15, -0.1) is 0 Å². The number of benzene rings is 1. The van der Waals surface area contributed by atoms with Crippen LogP contribution in [-0.4, -0.2) is 84.3 Å². The Hall–Kier alpha value is -3.14. The number of pyridine rings is 1. The number of carbonyl (C=O) groups is 1. The monoisotopic (exact) mass is 491 g/mol. The summed E-state index contributed by atoms with van der Waals surface area (Å²) in [7, 11) is 0. The van der Waals surface area contributed by atoms with Gasteiger partial charge in [0.25, 0.3) is 0 Å². The lowest BCUT2D eigenvalue weighted by Crippen LogP contribution is -2.62. The zero-order chi connectivity index (χ0) is 24.7. The van der Waals surface area contributed by atoms with Crippen LogP contribution in [0.5, 0.6) is 5.75 Å². The summed E-state index contributed by atoms with van der Waals surface area (Å²) in [4.78, 5) is 22.9. The van der Waals surface area contributed by atoms with Gasteiger partial charge in [-0.1, -0.05) is 12.6 Å². The number of hydrogen-bond donors (Lipinski definition) is 2. The van der Waals surface area contributed by atoms with E-state index in [4.69, 9.17) is 9.47 Å². The molecule has 190 valence electrons. The summed E-state index contributed by atoms with van der Waals surface area (Å²) in [6.07, 6.45) is 4.50. The van der Waals surface area contributed by atoms with Crippen LogP contribution in [0.3, 0.4) is 0 Å². The second-order valence-corrected chi connectivity index (χ2v) is 10.0. The number of anilines is 3. The highest BCUT2D eigenvalue weighted by atomic mass is 16.5. The number of nitrogens with zero attached hydrogens (tertiary/aromatic N) is 4. The maximum Gasteiger partial charge on any atom is 0.246 e. The van der Waals surface area contributed by atoms with Crippen LogP contribution in [0.1, 0.15) is 24.0 Å². The van der Waals surface area contributed by atoms with Crippen LogP contribution in [0.4, 0.5) is 17.2 Å². The molecule has 3 saturated heterocycles. The van der Waals surface area contributed by atoms with E-state index in [1.54, 1.807) is 0 Å². The number of likely N-dealkylation sites (tertiary alicyclic amines) is 2. The first kappa shape index (κ1) is 23.3. The Kier molecular flexibility index (Phi) is 6.07. The third kappa shape index (κ3) is 4.21. The topological polar surface area (TPSA) is 90.4 Å². The van der Waals surface area contributed by atoms with Crippen LogP contribution in [-0.2, 0) is 21.7 Å². The molecule has 9 heteroatoms. The smallest absolute Gasteiger partial charge is 0.246 e. The van der Waals surface area contributed by atoms with Crippen molar-refractivity contribution in [1.82, 2.24) is 14.8 Å². The van der Waals surface area contributed by atoms with E-state index in [9.17, 15) is 9.90 Å². The van der Waals surface area contributed by atoms with E-state index >= 15 is 0 Å². The maximum atomic E-state index is 11.7. The minimum Gasteiger partial charge on any atom is -0.487 e. The molecule has 5 heterocycles. The van der Waals surface area contributed by atoms with Crippen LogP contribution in [0.15, 0.2) is 43.1 Å². The fourth-order valence-corrected chi connectivity index (χ4v) is 5.70. The Morgan fingerprint density at radius 2 is 1.94 bits per heavy atom. The molecule has 36 heavy (non-hydrogen) atoms. The SMILES string of the molecule is C=CC(=O)N1CC(N2CCC(O)(c3ccc4c(c3)Nc3nccc(N5CCOCC5)c3CO4)CC2)C1. The Morgan fingerprint density at radius 1 is 1.17 bits per heavy atom. The summed E-state index contributed by atoms with van der Waals surface area (Å²) in [5.41, 5.74) is 2.98. The van der Waals surface area contributed by atoms with E-state index in [2.05, 4.69) is 26.7 Å². The first-order chi connectivity index (χ1) is 17.5. The van der Waals surface area contributed by atoms with Crippen LogP contribution in [0.25, 0.3) is 0 Å². The molecule has 3 fully saturated rings. The molecule has 1 aromatic heterocycles. The lowest BCUT2D eigenvalue weighted by molar-refractivity contribution is -0.135. The molecule has 9 nitrogen and oxygen atoms in total. The summed E-state index contributed by atoms with van der Waals surface area (Å²) >= 11 is 0.